The van der Waals surface area contributed by atoms with E-state index >= 15 is 0 Å². The SMILES string of the molecule is Cc1cnn(CCC(=O)N2CCC(C(O)c3ccccc3)CC2)c1. The molecule has 0 spiro atoms. The molecule has 1 amide bonds. The predicted molar refractivity (Wildman–Crippen MR) is 92.3 cm³/mol. The molecular weight excluding hydrogens is 302 g/mol. The maximum Gasteiger partial charge on any atom is 0.224 e. The quantitative estimate of drug-likeness (QED) is 0.918. The van der Waals surface area contributed by atoms with Crippen LogP contribution in [0.5, 0.6) is 0 Å². The molecule has 1 saturated heterocycles. The maximum atomic E-state index is 12.3. The van der Waals surface area contributed by atoms with Gasteiger partial charge in [-0.3, -0.25) is 9.48 Å². The summed E-state index contributed by atoms with van der Waals surface area (Å²) in [4.78, 5) is 14.3. The highest BCUT2D eigenvalue weighted by molar-refractivity contribution is 5.76. The molecule has 1 unspecified atom stereocenters. The van der Waals surface area contributed by atoms with Gasteiger partial charge in [-0.1, -0.05) is 30.3 Å². The Morgan fingerprint density at radius 3 is 2.62 bits per heavy atom. The summed E-state index contributed by atoms with van der Waals surface area (Å²) in [6.07, 6.45) is 5.50. The molecule has 0 saturated carbocycles. The lowest BCUT2D eigenvalue weighted by molar-refractivity contribution is -0.133. The predicted octanol–water partition coefficient (Wildman–Crippen LogP) is 2.55. The van der Waals surface area contributed by atoms with E-state index in [-0.39, 0.29) is 11.8 Å². The Balaban J connectivity index is 1.47. The highest BCUT2D eigenvalue weighted by atomic mass is 16.3. The number of benzene rings is 1. The zero-order valence-corrected chi connectivity index (χ0v) is 14.1. The Bertz CT molecular complexity index is 660. The minimum Gasteiger partial charge on any atom is -0.388 e. The zero-order chi connectivity index (χ0) is 16.9. The third kappa shape index (κ3) is 4.03. The van der Waals surface area contributed by atoms with Gasteiger partial charge in [-0.05, 0) is 36.8 Å². The Kier molecular flexibility index (Phi) is 5.30. The number of aryl methyl sites for hydroxylation is 2. The molecule has 5 nitrogen and oxygen atoms in total. The van der Waals surface area contributed by atoms with Gasteiger partial charge in [0, 0.05) is 32.3 Å². The Morgan fingerprint density at radius 1 is 1.29 bits per heavy atom. The molecule has 1 aliphatic heterocycles. The lowest BCUT2D eigenvalue weighted by Crippen LogP contribution is -2.40. The third-order valence-electron chi connectivity index (χ3n) is 4.80. The van der Waals surface area contributed by atoms with Crippen LogP contribution in [0.15, 0.2) is 42.7 Å². The van der Waals surface area contributed by atoms with Crippen molar-refractivity contribution in [2.75, 3.05) is 13.1 Å². The topological polar surface area (TPSA) is 58.4 Å². The number of nitrogens with zero attached hydrogens (tertiary/aromatic N) is 3. The minimum atomic E-state index is -0.435. The van der Waals surface area contributed by atoms with E-state index in [0.717, 1.165) is 37.1 Å². The summed E-state index contributed by atoms with van der Waals surface area (Å²) in [5.74, 6) is 0.404. The number of carbonyl (C=O) groups is 1. The number of aliphatic hydroxyl groups excluding tert-OH is 1. The van der Waals surface area contributed by atoms with Gasteiger partial charge >= 0.3 is 0 Å². The monoisotopic (exact) mass is 327 g/mol. The maximum absolute atomic E-state index is 12.3. The van der Waals surface area contributed by atoms with Crippen LogP contribution in [0.3, 0.4) is 0 Å². The number of amides is 1. The highest BCUT2D eigenvalue weighted by Crippen LogP contribution is 2.30. The number of rotatable bonds is 5. The summed E-state index contributed by atoms with van der Waals surface area (Å²) in [5.41, 5.74) is 2.08. The van der Waals surface area contributed by atoms with E-state index in [1.165, 1.54) is 0 Å². The number of aromatic nitrogens is 2. The number of piperidine rings is 1. The smallest absolute Gasteiger partial charge is 0.224 e. The number of likely N-dealkylation sites (tertiary alicyclic amines) is 1. The van der Waals surface area contributed by atoms with Crippen LogP contribution in [0.1, 0.15) is 36.5 Å². The van der Waals surface area contributed by atoms with Gasteiger partial charge in [0.15, 0.2) is 0 Å². The summed E-state index contributed by atoms with van der Waals surface area (Å²) in [6, 6.07) is 9.80. The van der Waals surface area contributed by atoms with Gasteiger partial charge in [0.05, 0.1) is 12.3 Å². The van der Waals surface area contributed by atoms with Crippen molar-refractivity contribution in [2.45, 2.75) is 38.8 Å². The first-order valence-electron chi connectivity index (χ1n) is 8.63. The fourth-order valence-electron chi connectivity index (χ4n) is 3.34. The molecule has 1 aliphatic rings. The van der Waals surface area contributed by atoms with Crippen LogP contribution in [-0.2, 0) is 11.3 Å². The molecule has 2 heterocycles. The summed E-state index contributed by atoms with van der Waals surface area (Å²) in [5, 5.41) is 14.7. The van der Waals surface area contributed by atoms with E-state index in [0.29, 0.717) is 13.0 Å². The Hall–Kier alpha value is -2.14. The summed E-state index contributed by atoms with van der Waals surface area (Å²) in [6.45, 7) is 4.07. The summed E-state index contributed by atoms with van der Waals surface area (Å²) in [7, 11) is 0. The molecule has 1 aromatic carbocycles. The average molecular weight is 327 g/mol. The van der Waals surface area contributed by atoms with Crippen molar-refractivity contribution in [2.24, 2.45) is 5.92 Å². The van der Waals surface area contributed by atoms with Gasteiger partial charge in [-0.2, -0.15) is 5.10 Å². The average Bonchev–Trinajstić information content (AvgIpc) is 3.05. The highest BCUT2D eigenvalue weighted by Gasteiger charge is 2.28. The van der Waals surface area contributed by atoms with E-state index in [1.807, 2.05) is 53.0 Å². The van der Waals surface area contributed by atoms with Crippen LogP contribution < -0.4 is 0 Å². The van der Waals surface area contributed by atoms with Crippen molar-refractivity contribution in [1.82, 2.24) is 14.7 Å². The van der Waals surface area contributed by atoms with Crippen LogP contribution >= 0.6 is 0 Å². The van der Waals surface area contributed by atoms with Crippen LogP contribution in [0.25, 0.3) is 0 Å². The van der Waals surface area contributed by atoms with E-state index in [4.69, 9.17) is 0 Å². The molecular formula is C19H25N3O2. The van der Waals surface area contributed by atoms with Crippen molar-refractivity contribution >= 4 is 5.91 Å². The lowest BCUT2D eigenvalue weighted by Gasteiger charge is -2.34. The van der Waals surface area contributed by atoms with Gasteiger partial charge in [0.1, 0.15) is 0 Å². The fourth-order valence-corrected chi connectivity index (χ4v) is 3.34. The van der Waals surface area contributed by atoms with Gasteiger partial charge < -0.3 is 10.0 Å². The van der Waals surface area contributed by atoms with Crippen molar-refractivity contribution in [1.29, 1.82) is 0 Å². The molecule has 1 N–H and O–H groups in total. The lowest BCUT2D eigenvalue weighted by atomic mass is 9.87. The fraction of sp³-hybridized carbons (Fsp3) is 0.474. The number of carbonyl (C=O) groups excluding carboxylic acids is 1. The van der Waals surface area contributed by atoms with Gasteiger partial charge in [-0.25, -0.2) is 0 Å². The van der Waals surface area contributed by atoms with Crippen molar-refractivity contribution in [3.05, 3.63) is 53.9 Å². The van der Waals surface area contributed by atoms with E-state index in [1.54, 1.807) is 6.20 Å². The molecule has 1 fully saturated rings. The molecule has 0 radical (unpaired) electrons. The molecule has 1 aromatic heterocycles. The van der Waals surface area contributed by atoms with Crippen molar-refractivity contribution in [3.63, 3.8) is 0 Å². The third-order valence-corrected chi connectivity index (χ3v) is 4.80. The summed E-state index contributed by atoms with van der Waals surface area (Å²) < 4.78 is 1.82. The molecule has 2 aromatic rings. The number of aliphatic hydroxyl groups is 1. The van der Waals surface area contributed by atoms with Crippen molar-refractivity contribution < 1.29 is 9.90 Å². The Labute approximate surface area is 142 Å². The standard InChI is InChI=1S/C19H25N3O2/c1-15-13-20-22(14-15)12-9-18(23)21-10-7-17(8-11-21)19(24)16-5-3-2-4-6-16/h2-6,13-14,17,19,24H,7-12H2,1H3. The first kappa shape index (κ1) is 16.7. The van der Waals surface area contributed by atoms with Crippen LogP contribution in [0, 0.1) is 12.8 Å². The van der Waals surface area contributed by atoms with E-state index in [2.05, 4.69) is 5.10 Å². The van der Waals surface area contributed by atoms with E-state index < -0.39 is 6.10 Å². The summed E-state index contributed by atoms with van der Waals surface area (Å²) >= 11 is 0. The molecule has 128 valence electrons. The van der Waals surface area contributed by atoms with Crippen LogP contribution in [0.2, 0.25) is 0 Å². The van der Waals surface area contributed by atoms with Crippen LogP contribution in [-0.4, -0.2) is 38.8 Å². The molecule has 5 heteroatoms. The minimum absolute atomic E-state index is 0.177. The van der Waals surface area contributed by atoms with Crippen LogP contribution in [0.4, 0.5) is 0 Å². The normalized spacial score (nSPS) is 17.0. The molecule has 3 rings (SSSR count). The largest absolute Gasteiger partial charge is 0.388 e. The first-order valence-corrected chi connectivity index (χ1v) is 8.63. The van der Waals surface area contributed by atoms with E-state index in [9.17, 15) is 9.90 Å². The zero-order valence-electron chi connectivity index (χ0n) is 14.1. The van der Waals surface area contributed by atoms with Gasteiger partial charge in [-0.15, -0.1) is 0 Å². The van der Waals surface area contributed by atoms with Crippen molar-refractivity contribution in [3.8, 4) is 0 Å². The molecule has 1 atom stereocenters. The number of hydrogen-bond donors (Lipinski definition) is 1. The Morgan fingerprint density at radius 2 is 2.00 bits per heavy atom. The van der Waals surface area contributed by atoms with Gasteiger partial charge in [0.25, 0.3) is 0 Å². The second kappa shape index (κ2) is 7.62. The second-order valence-corrected chi connectivity index (χ2v) is 6.60. The van der Waals surface area contributed by atoms with Gasteiger partial charge in [0.2, 0.25) is 5.91 Å². The second-order valence-electron chi connectivity index (χ2n) is 6.60. The molecule has 24 heavy (non-hydrogen) atoms. The molecule has 0 aliphatic carbocycles. The molecule has 0 bridgehead atoms. The first-order chi connectivity index (χ1) is 11.6. The number of hydrogen-bond acceptors (Lipinski definition) is 3.